The van der Waals surface area contributed by atoms with Gasteiger partial charge in [0.05, 0.1) is 6.54 Å². The molecule has 0 spiro atoms. The molecule has 23 heavy (non-hydrogen) atoms. The van der Waals surface area contributed by atoms with Crippen LogP contribution in [0.4, 0.5) is 9.18 Å². The van der Waals surface area contributed by atoms with Gasteiger partial charge in [-0.2, -0.15) is 0 Å². The molecule has 2 heterocycles. The molecule has 0 N–H and O–H groups in total. The van der Waals surface area contributed by atoms with E-state index in [0.717, 1.165) is 5.82 Å². The van der Waals surface area contributed by atoms with Crippen LogP contribution in [-0.4, -0.2) is 63.4 Å². The first-order chi connectivity index (χ1) is 10.7. The summed E-state index contributed by atoms with van der Waals surface area (Å²) in [6, 6.07) is -0.0285. The fraction of sp³-hybridized carbons (Fsp3) is 0.750. The van der Waals surface area contributed by atoms with Crippen LogP contribution in [0.5, 0.6) is 0 Å². The van der Waals surface area contributed by atoms with E-state index in [1.165, 1.54) is 4.90 Å². The Morgan fingerprint density at radius 3 is 2.78 bits per heavy atom. The van der Waals surface area contributed by atoms with Crippen LogP contribution in [-0.2, 0) is 18.3 Å². The monoisotopic (exact) mass is 326 g/mol. The highest BCUT2D eigenvalue weighted by Crippen LogP contribution is 2.23. The molecule has 0 aliphatic carbocycles. The maximum Gasteiger partial charge on any atom is 0.410 e. The molecule has 0 unspecified atom stereocenters. The third-order valence-corrected chi connectivity index (χ3v) is 3.93. The average Bonchev–Trinajstić information content (AvgIpc) is 2.95. The molecule has 0 saturated carbocycles. The van der Waals surface area contributed by atoms with Gasteiger partial charge >= 0.3 is 6.09 Å². The predicted octanol–water partition coefficient (Wildman–Crippen LogP) is 2.20. The number of hydrogen-bond acceptors (Lipinski definition) is 4. The fourth-order valence-corrected chi connectivity index (χ4v) is 2.77. The van der Waals surface area contributed by atoms with Crippen LogP contribution in [0.1, 0.15) is 33.0 Å². The topological polar surface area (TPSA) is 50.6 Å². The number of aromatic nitrogens is 2. The van der Waals surface area contributed by atoms with Crippen molar-refractivity contribution in [2.24, 2.45) is 7.05 Å². The van der Waals surface area contributed by atoms with Crippen LogP contribution in [0.15, 0.2) is 12.4 Å². The lowest BCUT2D eigenvalue weighted by atomic mass is 10.2. The quantitative estimate of drug-likeness (QED) is 0.851. The molecule has 130 valence electrons. The average molecular weight is 326 g/mol. The number of ether oxygens (including phenoxy) is 1. The maximum absolute atomic E-state index is 13.9. The Balaban J connectivity index is 1.96. The molecule has 2 rings (SSSR count). The highest BCUT2D eigenvalue weighted by molar-refractivity contribution is 5.67. The van der Waals surface area contributed by atoms with Gasteiger partial charge in [0, 0.05) is 45.6 Å². The molecule has 1 aromatic rings. The first kappa shape index (κ1) is 17.7. The molecule has 0 radical (unpaired) electrons. The number of aryl methyl sites for hydroxylation is 1. The highest BCUT2D eigenvalue weighted by atomic mass is 19.1. The summed E-state index contributed by atoms with van der Waals surface area (Å²) in [5.74, 6) is 0.893. The van der Waals surface area contributed by atoms with Crippen LogP contribution in [0.3, 0.4) is 0 Å². The van der Waals surface area contributed by atoms with Crippen molar-refractivity contribution < 1.29 is 13.9 Å². The Kier molecular flexibility index (Phi) is 5.29. The number of hydrogen-bond donors (Lipinski definition) is 0. The molecule has 1 aliphatic heterocycles. The lowest BCUT2D eigenvalue weighted by Crippen LogP contribution is -2.43. The van der Waals surface area contributed by atoms with Gasteiger partial charge in [-0.3, -0.25) is 4.90 Å². The van der Waals surface area contributed by atoms with Gasteiger partial charge in [-0.15, -0.1) is 0 Å². The minimum Gasteiger partial charge on any atom is -0.444 e. The van der Waals surface area contributed by atoms with Crippen molar-refractivity contribution in [3.63, 3.8) is 0 Å². The van der Waals surface area contributed by atoms with Crippen LogP contribution in [0.2, 0.25) is 0 Å². The van der Waals surface area contributed by atoms with Gasteiger partial charge in [-0.25, -0.2) is 14.2 Å². The summed E-state index contributed by atoms with van der Waals surface area (Å²) in [5, 5.41) is 0. The van der Waals surface area contributed by atoms with Crippen molar-refractivity contribution in [3.8, 4) is 0 Å². The first-order valence-corrected chi connectivity index (χ1v) is 7.94. The van der Waals surface area contributed by atoms with Gasteiger partial charge in [0.15, 0.2) is 0 Å². The Morgan fingerprint density at radius 1 is 1.52 bits per heavy atom. The van der Waals surface area contributed by atoms with Crippen molar-refractivity contribution in [1.29, 1.82) is 0 Å². The third-order valence-electron chi connectivity index (χ3n) is 3.93. The summed E-state index contributed by atoms with van der Waals surface area (Å²) < 4.78 is 21.2. The smallest absolute Gasteiger partial charge is 0.410 e. The summed E-state index contributed by atoms with van der Waals surface area (Å²) in [4.78, 5) is 20.0. The molecule has 7 heteroatoms. The van der Waals surface area contributed by atoms with Crippen molar-refractivity contribution in [2.75, 3.05) is 20.1 Å². The second kappa shape index (κ2) is 6.86. The van der Waals surface area contributed by atoms with E-state index < -0.39 is 11.8 Å². The molecule has 1 fully saturated rings. The van der Waals surface area contributed by atoms with E-state index in [1.807, 2.05) is 43.5 Å². The maximum atomic E-state index is 13.9. The summed E-state index contributed by atoms with van der Waals surface area (Å²) in [6.07, 6.45) is 2.79. The minimum atomic E-state index is -0.868. The number of rotatable bonds is 4. The normalized spacial score (nSPS) is 22.3. The Labute approximate surface area is 137 Å². The van der Waals surface area contributed by atoms with Crippen molar-refractivity contribution >= 4 is 6.09 Å². The number of amides is 1. The second-order valence-electron chi connectivity index (χ2n) is 7.23. The molecule has 1 amide bonds. The zero-order valence-corrected chi connectivity index (χ0v) is 14.6. The van der Waals surface area contributed by atoms with Crippen LogP contribution < -0.4 is 0 Å². The first-order valence-electron chi connectivity index (χ1n) is 7.94. The second-order valence-corrected chi connectivity index (χ2v) is 7.23. The van der Waals surface area contributed by atoms with E-state index in [9.17, 15) is 9.18 Å². The van der Waals surface area contributed by atoms with Crippen LogP contribution in [0, 0.1) is 0 Å². The summed E-state index contributed by atoms with van der Waals surface area (Å²) in [7, 11) is 3.62. The molecule has 1 saturated heterocycles. The number of imidazole rings is 1. The Hall–Kier alpha value is -1.63. The molecule has 0 bridgehead atoms. The number of likely N-dealkylation sites (N-methyl/N-ethyl adjacent to an activating group) is 1. The van der Waals surface area contributed by atoms with Crippen molar-refractivity contribution in [3.05, 3.63) is 18.2 Å². The Bertz CT molecular complexity index is 540. The number of alkyl halides is 1. The molecule has 6 nitrogen and oxygen atoms in total. The fourth-order valence-electron chi connectivity index (χ4n) is 2.77. The van der Waals surface area contributed by atoms with E-state index >= 15 is 0 Å². The molecule has 1 aromatic heterocycles. The summed E-state index contributed by atoms with van der Waals surface area (Å²) >= 11 is 0. The molecular weight excluding hydrogens is 299 g/mol. The number of carbonyl (C=O) groups excluding carboxylic acids is 1. The van der Waals surface area contributed by atoms with Crippen molar-refractivity contribution in [2.45, 2.75) is 51.6 Å². The molecule has 2 atom stereocenters. The molecule has 1 aliphatic rings. The summed E-state index contributed by atoms with van der Waals surface area (Å²) in [6.45, 7) is 6.90. The van der Waals surface area contributed by atoms with E-state index in [0.29, 0.717) is 26.1 Å². The summed E-state index contributed by atoms with van der Waals surface area (Å²) in [5.41, 5.74) is -0.531. The van der Waals surface area contributed by atoms with Gasteiger partial charge in [0.25, 0.3) is 0 Å². The molecule has 0 aromatic carbocycles. The number of halogens is 1. The van der Waals surface area contributed by atoms with Crippen molar-refractivity contribution in [1.82, 2.24) is 19.4 Å². The van der Waals surface area contributed by atoms with Crippen LogP contribution >= 0.6 is 0 Å². The zero-order valence-electron chi connectivity index (χ0n) is 14.6. The van der Waals surface area contributed by atoms with Gasteiger partial charge in [-0.05, 0) is 27.2 Å². The zero-order chi connectivity index (χ0) is 17.2. The SMILES string of the molecule is CN(C[C@@H]1C[C@H](F)CN1Cc1nccn1C)C(=O)OC(C)(C)C. The van der Waals surface area contributed by atoms with Gasteiger partial charge in [0.2, 0.25) is 0 Å². The Morgan fingerprint density at radius 2 is 2.22 bits per heavy atom. The number of carbonyl (C=O) groups is 1. The van der Waals surface area contributed by atoms with Gasteiger partial charge in [0.1, 0.15) is 17.6 Å². The van der Waals surface area contributed by atoms with E-state index in [4.69, 9.17) is 4.74 Å². The molecular formula is C16H27FN4O2. The van der Waals surface area contributed by atoms with Gasteiger partial charge < -0.3 is 14.2 Å². The minimum absolute atomic E-state index is 0.0285. The van der Waals surface area contributed by atoms with Gasteiger partial charge in [-0.1, -0.05) is 0 Å². The number of likely N-dealkylation sites (tertiary alicyclic amines) is 1. The largest absolute Gasteiger partial charge is 0.444 e. The number of nitrogens with zero attached hydrogens (tertiary/aromatic N) is 4. The third kappa shape index (κ3) is 4.92. The van der Waals surface area contributed by atoms with E-state index in [2.05, 4.69) is 4.98 Å². The predicted molar refractivity (Wildman–Crippen MR) is 85.8 cm³/mol. The van der Waals surface area contributed by atoms with E-state index in [-0.39, 0.29) is 12.1 Å². The highest BCUT2D eigenvalue weighted by Gasteiger charge is 2.34. The standard InChI is InChI=1S/C16H27FN4O2/c1-16(2,3)23-15(22)20(5)10-13-8-12(17)9-21(13)11-14-18-6-7-19(14)4/h6-7,12-13H,8-11H2,1-5H3/t12-,13-/m0/s1. The lowest BCUT2D eigenvalue weighted by molar-refractivity contribution is 0.0255. The van der Waals surface area contributed by atoms with Crippen LogP contribution in [0.25, 0.3) is 0 Å². The van der Waals surface area contributed by atoms with E-state index in [1.54, 1.807) is 13.2 Å². The lowest BCUT2D eigenvalue weighted by Gasteiger charge is -2.29.